The van der Waals surface area contributed by atoms with Crippen molar-refractivity contribution in [1.82, 2.24) is 0 Å². The molecule has 2 rings (SSSR count). The van der Waals surface area contributed by atoms with Gasteiger partial charge in [-0.15, -0.1) is 0 Å². The summed E-state index contributed by atoms with van der Waals surface area (Å²) in [4.78, 5) is 13.7. The van der Waals surface area contributed by atoms with Crippen LogP contribution in [0.4, 0.5) is 5.69 Å². The lowest BCUT2D eigenvalue weighted by molar-refractivity contribution is -0.120. The van der Waals surface area contributed by atoms with E-state index in [9.17, 15) is 4.79 Å². The van der Waals surface area contributed by atoms with E-state index in [0.717, 1.165) is 11.4 Å². The summed E-state index contributed by atoms with van der Waals surface area (Å²) < 4.78 is 10.9. The SMILES string of the molecule is CCOc1cccc(OCC(=O)N(C)c2ccccc2)c1. The van der Waals surface area contributed by atoms with Gasteiger partial charge in [0.25, 0.3) is 5.91 Å². The van der Waals surface area contributed by atoms with Gasteiger partial charge in [0.05, 0.1) is 6.61 Å². The monoisotopic (exact) mass is 285 g/mol. The lowest BCUT2D eigenvalue weighted by atomic mass is 10.3. The summed E-state index contributed by atoms with van der Waals surface area (Å²) in [6, 6.07) is 16.7. The first-order chi connectivity index (χ1) is 10.2. The number of para-hydroxylation sites is 1. The maximum absolute atomic E-state index is 12.1. The summed E-state index contributed by atoms with van der Waals surface area (Å²) in [7, 11) is 1.73. The fourth-order valence-corrected chi connectivity index (χ4v) is 1.86. The molecule has 4 heteroatoms. The summed E-state index contributed by atoms with van der Waals surface area (Å²) in [5.41, 5.74) is 0.842. The molecule has 0 N–H and O–H groups in total. The zero-order valence-electron chi connectivity index (χ0n) is 12.3. The maximum Gasteiger partial charge on any atom is 0.264 e. The van der Waals surface area contributed by atoms with Crippen molar-refractivity contribution in [3.63, 3.8) is 0 Å². The Balaban J connectivity index is 1.93. The van der Waals surface area contributed by atoms with Gasteiger partial charge in [0, 0.05) is 18.8 Å². The van der Waals surface area contributed by atoms with Gasteiger partial charge in [-0.2, -0.15) is 0 Å². The average Bonchev–Trinajstić information content (AvgIpc) is 2.53. The fraction of sp³-hybridized carbons (Fsp3) is 0.235. The number of hydrogen-bond donors (Lipinski definition) is 0. The number of carbonyl (C=O) groups is 1. The normalized spacial score (nSPS) is 10.0. The van der Waals surface area contributed by atoms with Crippen LogP contribution < -0.4 is 14.4 Å². The molecule has 0 fully saturated rings. The van der Waals surface area contributed by atoms with E-state index < -0.39 is 0 Å². The highest BCUT2D eigenvalue weighted by Crippen LogP contribution is 2.19. The Morgan fingerprint density at radius 3 is 2.33 bits per heavy atom. The Labute approximate surface area is 124 Å². The number of anilines is 1. The molecule has 0 aromatic heterocycles. The third-order valence-electron chi connectivity index (χ3n) is 3.00. The molecule has 0 aliphatic carbocycles. The second-order valence-corrected chi connectivity index (χ2v) is 4.48. The molecule has 2 aromatic rings. The van der Waals surface area contributed by atoms with Gasteiger partial charge in [-0.3, -0.25) is 4.79 Å². The molecule has 110 valence electrons. The predicted octanol–water partition coefficient (Wildman–Crippen LogP) is 3.13. The lowest BCUT2D eigenvalue weighted by Crippen LogP contribution is -2.31. The first kappa shape index (κ1) is 14.9. The van der Waals surface area contributed by atoms with Crippen molar-refractivity contribution in [1.29, 1.82) is 0 Å². The van der Waals surface area contributed by atoms with Gasteiger partial charge in [-0.1, -0.05) is 24.3 Å². The maximum atomic E-state index is 12.1. The van der Waals surface area contributed by atoms with Crippen LogP contribution in [-0.4, -0.2) is 26.2 Å². The van der Waals surface area contributed by atoms with Gasteiger partial charge in [-0.05, 0) is 31.2 Å². The van der Waals surface area contributed by atoms with Crippen LogP contribution in [0, 0.1) is 0 Å². The molecule has 1 amide bonds. The first-order valence-electron chi connectivity index (χ1n) is 6.88. The third-order valence-corrected chi connectivity index (χ3v) is 3.00. The summed E-state index contributed by atoms with van der Waals surface area (Å²) in [6.45, 7) is 2.51. The number of rotatable bonds is 6. The Morgan fingerprint density at radius 2 is 1.67 bits per heavy atom. The minimum atomic E-state index is -0.108. The molecule has 21 heavy (non-hydrogen) atoms. The van der Waals surface area contributed by atoms with Gasteiger partial charge in [-0.25, -0.2) is 0 Å². The highest BCUT2D eigenvalue weighted by atomic mass is 16.5. The molecule has 0 aliphatic heterocycles. The number of ether oxygens (including phenoxy) is 2. The van der Waals surface area contributed by atoms with Crippen molar-refractivity contribution in [3.8, 4) is 11.5 Å². The molecule has 0 radical (unpaired) electrons. The van der Waals surface area contributed by atoms with Crippen LogP contribution in [0.3, 0.4) is 0 Å². The molecule has 0 atom stereocenters. The number of benzene rings is 2. The minimum Gasteiger partial charge on any atom is -0.494 e. The molecule has 2 aromatic carbocycles. The number of likely N-dealkylation sites (N-methyl/N-ethyl adjacent to an activating group) is 1. The quantitative estimate of drug-likeness (QED) is 0.818. The Morgan fingerprint density at radius 1 is 1.00 bits per heavy atom. The van der Waals surface area contributed by atoms with Gasteiger partial charge < -0.3 is 14.4 Å². The summed E-state index contributed by atoms with van der Waals surface area (Å²) in [6.07, 6.45) is 0. The van der Waals surface area contributed by atoms with Crippen LogP contribution >= 0.6 is 0 Å². The highest BCUT2D eigenvalue weighted by molar-refractivity contribution is 5.93. The largest absolute Gasteiger partial charge is 0.494 e. The Bertz CT molecular complexity index is 584. The number of nitrogens with zero attached hydrogens (tertiary/aromatic N) is 1. The summed E-state index contributed by atoms with van der Waals surface area (Å²) in [5, 5.41) is 0. The molecule has 0 heterocycles. The van der Waals surface area contributed by atoms with Crippen LogP contribution in [0.2, 0.25) is 0 Å². The number of hydrogen-bond acceptors (Lipinski definition) is 3. The molecule has 0 bridgehead atoms. The second-order valence-electron chi connectivity index (χ2n) is 4.48. The van der Waals surface area contributed by atoms with E-state index in [1.54, 1.807) is 24.1 Å². The first-order valence-corrected chi connectivity index (χ1v) is 6.88. The fourth-order valence-electron chi connectivity index (χ4n) is 1.86. The zero-order valence-corrected chi connectivity index (χ0v) is 12.3. The average molecular weight is 285 g/mol. The van der Waals surface area contributed by atoms with Gasteiger partial charge in [0.1, 0.15) is 11.5 Å². The van der Waals surface area contributed by atoms with E-state index in [4.69, 9.17) is 9.47 Å². The molecule has 0 saturated carbocycles. The van der Waals surface area contributed by atoms with E-state index in [2.05, 4.69) is 0 Å². The second kappa shape index (κ2) is 7.33. The van der Waals surface area contributed by atoms with Crippen molar-refractivity contribution < 1.29 is 14.3 Å². The standard InChI is InChI=1S/C17H19NO3/c1-3-20-15-10-7-11-16(12-15)21-13-17(19)18(2)14-8-5-4-6-9-14/h4-12H,3,13H2,1-2H3. The van der Waals surface area contributed by atoms with Gasteiger partial charge >= 0.3 is 0 Å². The molecule has 0 aliphatic rings. The van der Waals surface area contributed by atoms with Crippen LogP contribution in [0.1, 0.15) is 6.92 Å². The highest BCUT2D eigenvalue weighted by Gasteiger charge is 2.11. The van der Waals surface area contributed by atoms with Crippen molar-refractivity contribution in [2.45, 2.75) is 6.92 Å². The molecule has 0 spiro atoms. The van der Waals surface area contributed by atoms with Crippen LogP contribution in [0.15, 0.2) is 54.6 Å². The number of amides is 1. The molecular weight excluding hydrogens is 266 g/mol. The predicted molar refractivity (Wildman–Crippen MR) is 83.0 cm³/mol. The van der Waals surface area contributed by atoms with Crippen LogP contribution in [0.5, 0.6) is 11.5 Å². The topological polar surface area (TPSA) is 38.8 Å². The van der Waals surface area contributed by atoms with Crippen molar-refractivity contribution >= 4 is 11.6 Å². The molecule has 0 unspecified atom stereocenters. The molecule has 0 saturated heterocycles. The molecule has 4 nitrogen and oxygen atoms in total. The van der Waals surface area contributed by atoms with Crippen LogP contribution in [0.25, 0.3) is 0 Å². The Kier molecular flexibility index (Phi) is 5.21. The zero-order chi connectivity index (χ0) is 15.1. The van der Waals surface area contributed by atoms with E-state index in [1.807, 2.05) is 49.4 Å². The van der Waals surface area contributed by atoms with E-state index >= 15 is 0 Å². The van der Waals surface area contributed by atoms with Crippen molar-refractivity contribution in [3.05, 3.63) is 54.6 Å². The minimum absolute atomic E-state index is 0.0129. The van der Waals surface area contributed by atoms with E-state index in [1.165, 1.54) is 0 Å². The third kappa shape index (κ3) is 4.24. The smallest absolute Gasteiger partial charge is 0.264 e. The lowest BCUT2D eigenvalue weighted by Gasteiger charge is -2.17. The summed E-state index contributed by atoms with van der Waals surface area (Å²) >= 11 is 0. The van der Waals surface area contributed by atoms with Gasteiger partial charge in [0.2, 0.25) is 0 Å². The Hall–Kier alpha value is -2.49. The van der Waals surface area contributed by atoms with Crippen molar-refractivity contribution in [2.75, 3.05) is 25.2 Å². The van der Waals surface area contributed by atoms with E-state index in [0.29, 0.717) is 12.4 Å². The number of carbonyl (C=O) groups excluding carboxylic acids is 1. The summed E-state index contributed by atoms with van der Waals surface area (Å²) in [5.74, 6) is 1.25. The van der Waals surface area contributed by atoms with Gasteiger partial charge in [0.15, 0.2) is 6.61 Å². The van der Waals surface area contributed by atoms with E-state index in [-0.39, 0.29) is 12.5 Å². The van der Waals surface area contributed by atoms with Crippen LogP contribution in [-0.2, 0) is 4.79 Å². The van der Waals surface area contributed by atoms with Crippen molar-refractivity contribution in [2.24, 2.45) is 0 Å². The molecular formula is C17H19NO3.